The van der Waals surface area contributed by atoms with Gasteiger partial charge in [0.05, 0.1) is 25.5 Å². The number of urea groups is 1. The highest BCUT2D eigenvalue weighted by Crippen LogP contribution is 1.95. The average molecular weight is 299 g/mol. The molecule has 9 nitrogen and oxygen atoms in total. The number of nitrogens with one attached hydrogen (secondary N) is 1. The van der Waals surface area contributed by atoms with Crippen molar-refractivity contribution in [1.29, 1.82) is 0 Å². The van der Waals surface area contributed by atoms with Crippen molar-refractivity contribution in [2.75, 3.05) is 20.2 Å². The molecule has 0 aliphatic heterocycles. The Kier molecular flexibility index (Phi) is 6.60. The zero-order valence-electron chi connectivity index (χ0n) is 12.4. The van der Waals surface area contributed by atoms with E-state index in [4.69, 9.17) is 9.84 Å². The van der Waals surface area contributed by atoms with Crippen LogP contribution in [0.15, 0.2) is 6.20 Å². The van der Waals surface area contributed by atoms with E-state index in [1.165, 1.54) is 15.8 Å². The fourth-order valence-electron chi connectivity index (χ4n) is 1.46. The highest BCUT2D eigenvalue weighted by atomic mass is 16.5. The van der Waals surface area contributed by atoms with Crippen LogP contribution in [0.5, 0.6) is 0 Å². The molecule has 21 heavy (non-hydrogen) atoms. The molecule has 0 saturated carbocycles. The summed E-state index contributed by atoms with van der Waals surface area (Å²) in [6.45, 7) is 4.74. The highest BCUT2D eigenvalue weighted by molar-refractivity contribution is 5.73. The van der Waals surface area contributed by atoms with Crippen LogP contribution in [-0.4, -0.2) is 63.3 Å². The van der Waals surface area contributed by atoms with Crippen LogP contribution < -0.4 is 5.32 Å². The summed E-state index contributed by atoms with van der Waals surface area (Å²) in [5.74, 6) is -1.000. The van der Waals surface area contributed by atoms with Crippen LogP contribution in [0.2, 0.25) is 0 Å². The lowest BCUT2D eigenvalue weighted by atomic mass is 10.4. The Morgan fingerprint density at radius 2 is 2.24 bits per heavy atom. The molecule has 0 saturated heterocycles. The van der Waals surface area contributed by atoms with Crippen molar-refractivity contribution in [3.63, 3.8) is 0 Å². The fourth-order valence-corrected chi connectivity index (χ4v) is 1.46. The number of ether oxygens (including phenoxy) is 1. The molecule has 1 aromatic rings. The van der Waals surface area contributed by atoms with Gasteiger partial charge in [-0.1, -0.05) is 5.21 Å². The number of carboxylic acids is 1. The van der Waals surface area contributed by atoms with Crippen molar-refractivity contribution in [2.24, 2.45) is 0 Å². The summed E-state index contributed by atoms with van der Waals surface area (Å²) in [5, 5.41) is 18.7. The smallest absolute Gasteiger partial charge is 0.325 e. The van der Waals surface area contributed by atoms with Gasteiger partial charge in [-0.3, -0.25) is 4.79 Å². The van der Waals surface area contributed by atoms with E-state index in [0.717, 1.165) is 0 Å². The first kappa shape index (κ1) is 16.9. The van der Waals surface area contributed by atoms with Gasteiger partial charge >= 0.3 is 12.0 Å². The number of aromatic nitrogens is 3. The van der Waals surface area contributed by atoms with E-state index >= 15 is 0 Å². The van der Waals surface area contributed by atoms with Crippen LogP contribution in [-0.2, 0) is 22.6 Å². The molecule has 0 aliphatic rings. The molecule has 0 aliphatic carbocycles. The van der Waals surface area contributed by atoms with Crippen LogP contribution in [0.1, 0.15) is 19.5 Å². The molecule has 0 fully saturated rings. The van der Waals surface area contributed by atoms with Gasteiger partial charge in [-0.25, -0.2) is 9.48 Å². The normalized spacial score (nSPS) is 10.7. The van der Waals surface area contributed by atoms with Gasteiger partial charge < -0.3 is 20.1 Å². The Morgan fingerprint density at radius 3 is 2.86 bits per heavy atom. The molecule has 2 amide bonds. The van der Waals surface area contributed by atoms with E-state index in [9.17, 15) is 9.59 Å². The number of likely N-dealkylation sites (N-methyl/N-ethyl adjacent to an activating group) is 1. The first-order valence-corrected chi connectivity index (χ1v) is 6.60. The quantitative estimate of drug-likeness (QED) is 0.695. The second-order valence-electron chi connectivity index (χ2n) is 4.80. The maximum Gasteiger partial charge on any atom is 0.325 e. The number of amides is 2. The third-order valence-corrected chi connectivity index (χ3v) is 2.53. The maximum atomic E-state index is 11.8. The number of hydrogen-bond donors (Lipinski definition) is 2. The first-order chi connectivity index (χ1) is 9.88. The zero-order valence-corrected chi connectivity index (χ0v) is 12.4. The molecule has 9 heteroatoms. The summed E-state index contributed by atoms with van der Waals surface area (Å²) in [7, 11) is 1.67. The van der Waals surface area contributed by atoms with Crippen molar-refractivity contribution in [2.45, 2.75) is 33.0 Å². The maximum absolute atomic E-state index is 11.8. The third kappa shape index (κ3) is 6.70. The summed E-state index contributed by atoms with van der Waals surface area (Å²) in [6.07, 6.45) is 1.61. The molecular weight excluding hydrogens is 278 g/mol. The van der Waals surface area contributed by atoms with E-state index in [1.807, 2.05) is 13.8 Å². The van der Waals surface area contributed by atoms with E-state index < -0.39 is 5.97 Å². The number of carbonyl (C=O) groups excluding carboxylic acids is 1. The van der Waals surface area contributed by atoms with Gasteiger partial charge in [0, 0.05) is 13.6 Å². The van der Waals surface area contributed by atoms with Crippen molar-refractivity contribution in [3.8, 4) is 0 Å². The molecule has 2 N–H and O–H groups in total. The topological polar surface area (TPSA) is 110 Å². The van der Waals surface area contributed by atoms with E-state index in [1.54, 1.807) is 7.05 Å². The minimum Gasteiger partial charge on any atom is -0.480 e. The minimum absolute atomic E-state index is 0.130. The van der Waals surface area contributed by atoms with Gasteiger partial charge in [0.25, 0.3) is 0 Å². The van der Waals surface area contributed by atoms with Gasteiger partial charge in [0.15, 0.2) is 0 Å². The molecule has 1 heterocycles. The van der Waals surface area contributed by atoms with E-state index in [-0.39, 0.29) is 25.2 Å². The summed E-state index contributed by atoms with van der Waals surface area (Å²) < 4.78 is 6.56. The van der Waals surface area contributed by atoms with Gasteiger partial charge in [0.2, 0.25) is 0 Å². The lowest BCUT2D eigenvalue weighted by Crippen LogP contribution is -2.39. The number of carboxylic acid groups (broad SMARTS) is 1. The second kappa shape index (κ2) is 8.20. The van der Waals surface area contributed by atoms with E-state index in [0.29, 0.717) is 18.8 Å². The summed E-state index contributed by atoms with van der Waals surface area (Å²) in [4.78, 5) is 23.8. The van der Waals surface area contributed by atoms with Gasteiger partial charge in [-0.15, -0.1) is 5.10 Å². The lowest BCUT2D eigenvalue weighted by Gasteiger charge is -2.18. The molecule has 0 spiro atoms. The molecule has 1 rings (SSSR count). The number of aliphatic carboxylic acids is 1. The zero-order chi connectivity index (χ0) is 15.8. The Morgan fingerprint density at radius 1 is 1.52 bits per heavy atom. The number of hydrogen-bond acceptors (Lipinski definition) is 5. The van der Waals surface area contributed by atoms with Crippen LogP contribution in [0.25, 0.3) is 0 Å². The SMILES string of the molecule is CC(C)OCCN(C)C(=O)NCc1cn(CC(=O)O)nn1. The van der Waals surface area contributed by atoms with Crippen molar-refractivity contribution in [1.82, 2.24) is 25.2 Å². The molecular formula is C12H21N5O4. The second-order valence-corrected chi connectivity index (χ2v) is 4.80. The van der Waals surface area contributed by atoms with Crippen molar-refractivity contribution < 1.29 is 19.4 Å². The average Bonchev–Trinajstić information content (AvgIpc) is 2.82. The highest BCUT2D eigenvalue weighted by Gasteiger charge is 2.10. The molecule has 1 aromatic heterocycles. The number of nitrogens with zero attached hydrogens (tertiary/aromatic N) is 4. The fraction of sp³-hybridized carbons (Fsp3) is 0.667. The summed E-state index contributed by atoms with van der Waals surface area (Å²) in [5.41, 5.74) is 0.497. The van der Waals surface area contributed by atoms with Gasteiger partial charge in [0.1, 0.15) is 12.2 Å². The van der Waals surface area contributed by atoms with E-state index in [2.05, 4.69) is 15.6 Å². The minimum atomic E-state index is -1.000. The monoisotopic (exact) mass is 299 g/mol. The van der Waals surface area contributed by atoms with Crippen LogP contribution >= 0.6 is 0 Å². The Balaban J connectivity index is 2.31. The Bertz CT molecular complexity index is 474. The van der Waals surface area contributed by atoms with Crippen molar-refractivity contribution >= 4 is 12.0 Å². The Hall–Kier alpha value is -2.16. The molecule has 0 radical (unpaired) electrons. The number of rotatable bonds is 8. The largest absolute Gasteiger partial charge is 0.480 e. The van der Waals surface area contributed by atoms with Crippen LogP contribution in [0.3, 0.4) is 0 Å². The molecule has 0 bridgehead atoms. The predicted octanol–water partition coefficient (Wildman–Crippen LogP) is -0.0709. The number of carbonyl (C=O) groups is 2. The summed E-state index contributed by atoms with van der Waals surface area (Å²) >= 11 is 0. The first-order valence-electron chi connectivity index (χ1n) is 6.60. The van der Waals surface area contributed by atoms with Crippen molar-refractivity contribution in [3.05, 3.63) is 11.9 Å². The molecule has 0 atom stereocenters. The van der Waals surface area contributed by atoms with Crippen LogP contribution in [0.4, 0.5) is 4.79 Å². The molecule has 0 aromatic carbocycles. The van der Waals surface area contributed by atoms with Crippen LogP contribution in [0, 0.1) is 0 Å². The Labute approximate surface area is 122 Å². The molecule has 0 unspecified atom stereocenters. The van der Waals surface area contributed by atoms with Gasteiger partial charge in [-0.05, 0) is 13.8 Å². The van der Waals surface area contributed by atoms with Gasteiger partial charge in [-0.2, -0.15) is 0 Å². The standard InChI is InChI=1S/C12H21N5O4/c1-9(2)21-5-4-16(3)12(20)13-6-10-7-17(15-14-10)8-11(18)19/h7,9H,4-6,8H2,1-3H3,(H,13,20)(H,18,19). The summed E-state index contributed by atoms with van der Waals surface area (Å²) in [6, 6.07) is -0.254. The predicted molar refractivity (Wildman–Crippen MR) is 73.6 cm³/mol. The lowest BCUT2D eigenvalue weighted by molar-refractivity contribution is -0.137. The molecule has 118 valence electrons. The third-order valence-electron chi connectivity index (χ3n) is 2.53.